The smallest absolute Gasteiger partial charge is 0.164 e. The van der Waals surface area contributed by atoms with Gasteiger partial charge in [-0.15, -0.1) is 0 Å². The van der Waals surface area contributed by atoms with Gasteiger partial charge in [-0.25, -0.2) is 19.9 Å². The van der Waals surface area contributed by atoms with Crippen LogP contribution in [0.15, 0.2) is 239 Å². The highest BCUT2D eigenvalue weighted by Gasteiger charge is 2.22. The van der Waals surface area contributed by atoms with Crippen LogP contribution in [0.1, 0.15) is 0 Å². The first-order valence-corrected chi connectivity index (χ1v) is 23.4. The zero-order chi connectivity index (χ0) is 46.1. The standard InChI is InChI=1S/C64H38N4O2/c1-3-16-40(17-4-1)57-58-50-25-7-10-29-53(50)65-60(52(58)38-56-59(57)51-26-9-12-31-55(51)69-56)45-22-13-20-43(36-45)39-32-34-42(35-33-39)63-66-62(41-18-5-2-6-19-41)67-64(68-63)46-23-14-21-44(37-46)47-27-15-28-49-48-24-8-11-30-54(48)70-61(47)49/h1-38H. The van der Waals surface area contributed by atoms with Crippen molar-refractivity contribution in [1.82, 2.24) is 19.9 Å². The van der Waals surface area contributed by atoms with Gasteiger partial charge in [-0.05, 0) is 58.7 Å². The van der Waals surface area contributed by atoms with Crippen LogP contribution in [0.4, 0.5) is 0 Å². The molecule has 10 aromatic carbocycles. The number of nitrogens with zero attached hydrogens (tertiary/aromatic N) is 4. The van der Waals surface area contributed by atoms with Gasteiger partial charge >= 0.3 is 0 Å². The van der Waals surface area contributed by atoms with Gasteiger partial charge in [0, 0.05) is 71.1 Å². The molecule has 0 atom stereocenters. The highest BCUT2D eigenvalue weighted by molar-refractivity contribution is 6.27. The Kier molecular flexibility index (Phi) is 9.10. The number of hydrogen-bond acceptors (Lipinski definition) is 6. The molecule has 6 nitrogen and oxygen atoms in total. The van der Waals surface area contributed by atoms with Gasteiger partial charge in [-0.2, -0.15) is 0 Å². The van der Waals surface area contributed by atoms with Crippen LogP contribution in [-0.2, 0) is 0 Å². The first kappa shape index (κ1) is 39.6. The van der Waals surface area contributed by atoms with E-state index in [0.717, 1.165) is 127 Å². The summed E-state index contributed by atoms with van der Waals surface area (Å²) in [5.41, 5.74) is 15.4. The third-order valence-electron chi connectivity index (χ3n) is 13.5. The van der Waals surface area contributed by atoms with Gasteiger partial charge < -0.3 is 8.83 Å². The quantitative estimate of drug-likeness (QED) is 0.148. The van der Waals surface area contributed by atoms with E-state index in [2.05, 4.69) is 170 Å². The maximum atomic E-state index is 6.63. The molecule has 0 spiro atoms. The Hall–Kier alpha value is -9.52. The molecule has 0 saturated carbocycles. The molecular formula is C64H38N4O2. The molecule has 4 heterocycles. The maximum Gasteiger partial charge on any atom is 0.164 e. The van der Waals surface area contributed by atoms with Crippen molar-refractivity contribution in [3.63, 3.8) is 0 Å². The van der Waals surface area contributed by atoms with Crippen molar-refractivity contribution in [2.24, 2.45) is 0 Å². The third-order valence-corrected chi connectivity index (χ3v) is 13.5. The lowest BCUT2D eigenvalue weighted by Crippen LogP contribution is -2.00. The van der Waals surface area contributed by atoms with E-state index < -0.39 is 0 Å². The van der Waals surface area contributed by atoms with Crippen LogP contribution in [0.3, 0.4) is 0 Å². The Balaban J connectivity index is 0.872. The van der Waals surface area contributed by atoms with E-state index in [-0.39, 0.29) is 0 Å². The van der Waals surface area contributed by atoms with E-state index in [1.807, 2.05) is 60.7 Å². The Morgan fingerprint density at radius 3 is 1.57 bits per heavy atom. The molecular weight excluding hydrogens is 857 g/mol. The molecule has 0 fully saturated rings. The SMILES string of the molecule is c1ccc(-c2nc(-c3ccc(-c4cccc(-c5nc6ccccc6c6c(-c7ccccc7)c7c(cc56)oc5ccccc57)c4)cc3)nc(-c3cccc(-c4cccc5c4oc4ccccc45)c3)n2)cc1. The summed E-state index contributed by atoms with van der Waals surface area (Å²) in [5, 5.41) is 7.68. The first-order chi connectivity index (χ1) is 34.7. The zero-order valence-corrected chi connectivity index (χ0v) is 37.5. The van der Waals surface area contributed by atoms with Gasteiger partial charge in [0.05, 0.1) is 11.2 Å². The van der Waals surface area contributed by atoms with Gasteiger partial charge in [0.2, 0.25) is 0 Å². The second kappa shape index (κ2) is 16.1. The monoisotopic (exact) mass is 894 g/mol. The lowest BCUT2D eigenvalue weighted by molar-refractivity contribution is 0.669. The molecule has 4 aromatic heterocycles. The van der Waals surface area contributed by atoms with Gasteiger partial charge in [-0.3, -0.25) is 0 Å². The number of para-hydroxylation sites is 4. The van der Waals surface area contributed by atoms with E-state index in [1.165, 1.54) is 0 Å². The topological polar surface area (TPSA) is 77.8 Å². The number of hydrogen-bond donors (Lipinski definition) is 0. The van der Waals surface area contributed by atoms with E-state index in [9.17, 15) is 0 Å². The highest BCUT2D eigenvalue weighted by Crippen LogP contribution is 2.47. The fourth-order valence-corrected chi connectivity index (χ4v) is 10.2. The summed E-state index contributed by atoms with van der Waals surface area (Å²) in [6, 6.07) is 79.7. The minimum Gasteiger partial charge on any atom is -0.456 e. The highest BCUT2D eigenvalue weighted by atomic mass is 16.3. The molecule has 0 N–H and O–H groups in total. The molecule has 0 aliphatic rings. The number of aromatic nitrogens is 4. The zero-order valence-electron chi connectivity index (χ0n) is 37.5. The van der Waals surface area contributed by atoms with Crippen LogP contribution in [0.5, 0.6) is 0 Å². The first-order valence-electron chi connectivity index (χ1n) is 23.4. The summed E-state index contributed by atoms with van der Waals surface area (Å²) < 4.78 is 13.1. The summed E-state index contributed by atoms with van der Waals surface area (Å²) >= 11 is 0. The van der Waals surface area contributed by atoms with Gasteiger partial charge in [-0.1, -0.05) is 194 Å². The molecule has 0 saturated heterocycles. The largest absolute Gasteiger partial charge is 0.456 e. The fraction of sp³-hybridized carbons (Fsp3) is 0. The van der Waals surface area contributed by atoms with Crippen LogP contribution in [0.25, 0.3) is 144 Å². The second-order valence-corrected chi connectivity index (χ2v) is 17.7. The summed E-state index contributed by atoms with van der Waals surface area (Å²) in [6.45, 7) is 0. The van der Waals surface area contributed by atoms with Crippen LogP contribution in [0.2, 0.25) is 0 Å². The summed E-state index contributed by atoms with van der Waals surface area (Å²) in [7, 11) is 0. The molecule has 14 aromatic rings. The Bertz CT molecular complexity index is 4350. The lowest BCUT2D eigenvalue weighted by Gasteiger charge is -2.16. The Morgan fingerprint density at radius 1 is 0.271 bits per heavy atom. The maximum absolute atomic E-state index is 6.63. The molecule has 70 heavy (non-hydrogen) atoms. The number of furan rings is 2. The predicted molar refractivity (Wildman–Crippen MR) is 285 cm³/mol. The number of rotatable bonds is 7. The van der Waals surface area contributed by atoms with E-state index in [4.69, 9.17) is 28.8 Å². The van der Waals surface area contributed by atoms with Crippen molar-refractivity contribution < 1.29 is 8.83 Å². The number of fused-ring (bicyclic) bond motifs is 9. The molecule has 0 aliphatic heterocycles. The normalized spacial score (nSPS) is 11.7. The van der Waals surface area contributed by atoms with Crippen molar-refractivity contribution in [2.45, 2.75) is 0 Å². The third kappa shape index (κ3) is 6.57. The lowest BCUT2D eigenvalue weighted by atomic mass is 9.89. The number of benzene rings is 10. The Labute approximate surface area is 401 Å². The van der Waals surface area contributed by atoms with Gasteiger partial charge in [0.25, 0.3) is 0 Å². The molecule has 0 unspecified atom stereocenters. The molecule has 0 radical (unpaired) electrons. The summed E-state index contributed by atoms with van der Waals surface area (Å²) in [6.07, 6.45) is 0. The molecule has 0 bridgehead atoms. The molecule has 14 rings (SSSR count). The second-order valence-electron chi connectivity index (χ2n) is 17.7. The van der Waals surface area contributed by atoms with Gasteiger partial charge in [0.15, 0.2) is 17.5 Å². The molecule has 6 heteroatoms. The minimum absolute atomic E-state index is 0.588. The minimum atomic E-state index is 0.588. The van der Waals surface area contributed by atoms with Crippen LogP contribution in [0, 0.1) is 0 Å². The summed E-state index contributed by atoms with van der Waals surface area (Å²) in [4.78, 5) is 20.7. The molecule has 0 aliphatic carbocycles. The van der Waals surface area contributed by atoms with Crippen molar-refractivity contribution in [3.05, 3.63) is 231 Å². The average molecular weight is 895 g/mol. The van der Waals surface area contributed by atoms with Crippen molar-refractivity contribution in [2.75, 3.05) is 0 Å². The van der Waals surface area contributed by atoms with Crippen LogP contribution in [-0.4, -0.2) is 19.9 Å². The summed E-state index contributed by atoms with van der Waals surface area (Å²) in [5.74, 6) is 1.78. The fourth-order valence-electron chi connectivity index (χ4n) is 10.2. The van der Waals surface area contributed by atoms with Crippen molar-refractivity contribution in [3.8, 4) is 78.8 Å². The molecule has 0 amide bonds. The van der Waals surface area contributed by atoms with Crippen LogP contribution < -0.4 is 0 Å². The van der Waals surface area contributed by atoms with Crippen LogP contribution >= 0.6 is 0 Å². The average Bonchev–Trinajstić information content (AvgIpc) is 4.01. The van der Waals surface area contributed by atoms with Crippen molar-refractivity contribution in [1.29, 1.82) is 0 Å². The molecule has 326 valence electrons. The van der Waals surface area contributed by atoms with E-state index in [1.54, 1.807) is 0 Å². The number of pyridine rings is 1. The van der Waals surface area contributed by atoms with E-state index in [0.29, 0.717) is 17.5 Å². The van der Waals surface area contributed by atoms with Crippen molar-refractivity contribution >= 4 is 65.6 Å². The van der Waals surface area contributed by atoms with E-state index >= 15 is 0 Å². The van der Waals surface area contributed by atoms with Gasteiger partial charge in [0.1, 0.15) is 22.3 Å². The predicted octanol–water partition coefficient (Wildman–Crippen LogP) is 17.0. The Morgan fingerprint density at radius 2 is 0.800 bits per heavy atom.